The number of hydrogen-bond donors (Lipinski definition) is 1. The first kappa shape index (κ1) is 14.2. The van der Waals surface area contributed by atoms with E-state index in [0.717, 1.165) is 35.8 Å². The van der Waals surface area contributed by atoms with Gasteiger partial charge in [-0.25, -0.2) is 4.98 Å². The molecule has 2 rings (SSSR count). The van der Waals surface area contributed by atoms with Crippen LogP contribution in [-0.4, -0.2) is 21.3 Å². The first-order valence-corrected chi connectivity index (χ1v) is 7.70. The molecule has 4 nitrogen and oxygen atoms in total. The van der Waals surface area contributed by atoms with Crippen molar-refractivity contribution in [1.29, 1.82) is 0 Å². The molecule has 1 N–H and O–H groups in total. The van der Waals surface area contributed by atoms with Crippen molar-refractivity contribution in [3.63, 3.8) is 0 Å². The van der Waals surface area contributed by atoms with Crippen LogP contribution in [0.3, 0.4) is 0 Å². The van der Waals surface area contributed by atoms with Crippen molar-refractivity contribution in [3.8, 4) is 10.6 Å². The van der Waals surface area contributed by atoms with Crippen molar-refractivity contribution in [2.24, 2.45) is 0 Å². The summed E-state index contributed by atoms with van der Waals surface area (Å²) in [5, 5.41) is 8.88. The topological polar surface area (TPSA) is 42.7 Å². The smallest absolute Gasteiger partial charge is 0.127 e. The van der Waals surface area contributed by atoms with Gasteiger partial charge in [-0.3, -0.25) is 4.68 Å². The normalized spacial score (nSPS) is 12.8. The molecule has 0 fully saturated rings. The van der Waals surface area contributed by atoms with Crippen LogP contribution in [0.1, 0.15) is 43.8 Å². The van der Waals surface area contributed by atoms with E-state index in [9.17, 15) is 0 Å². The zero-order valence-electron chi connectivity index (χ0n) is 12.1. The first-order chi connectivity index (χ1) is 9.15. The molecule has 0 spiro atoms. The van der Waals surface area contributed by atoms with Crippen molar-refractivity contribution < 1.29 is 0 Å². The molecule has 2 aromatic rings. The highest BCUT2D eigenvalue weighted by molar-refractivity contribution is 7.15. The molecule has 0 saturated heterocycles. The Balaban J connectivity index is 2.23. The van der Waals surface area contributed by atoms with Crippen LogP contribution in [0.15, 0.2) is 12.4 Å². The lowest BCUT2D eigenvalue weighted by molar-refractivity contribution is 0.603. The molecule has 5 heteroatoms. The number of nitrogens with zero attached hydrogens (tertiary/aromatic N) is 3. The zero-order chi connectivity index (χ0) is 13.8. The van der Waals surface area contributed by atoms with E-state index < -0.39 is 0 Å². The molecule has 2 aromatic heterocycles. The number of aryl methyl sites for hydroxylation is 2. The Morgan fingerprint density at radius 2 is 2.21 bits per heavy atom. The Kier molecular flexibility index (Phi) is 4.71. The van der Waals surface area contributed by atoms with Gasteiger partial charge in [0, 0.05) is 29.2 Å². The minimum atomic E-state index is 0.363. The lowest BCUT2D eigenvalue weighted by Gasteiger charge is -2.09. The van der Waals surface area contributed by atoms with E-state index in [1.54, 1.807) is 11.3 Å². The molecule has 0 aromatic carbocycles. The van der Waals surface area contributed by atoms with Gasteiger partial charge in [-0.1, -0.05) is 13.8 Å². The Bertz CT molecular complexity index is 529. The van der Waals surface area contributed by atoms with Crippen LogP contribution in [0.5, 0.6) is 0 Å². The van der Waals surface area contributed by atoms with Crippen molar-refractivity contribution in [3.05, 3.63) is 23.0 Å². The zero-order valence-corrected chi connectivity index (χ0v) is 12.9. The standard InChI is InChI=1S/C14H22N4S/c1-5-7-18-9-12(8-16-18)14-17-11(4)13(19-14)10(3)15-6-2/h8-10,15H,5-7H2,1-4H3. The van der Waals surface area contributed by atoms with Gasteiger partial charge in [-0.05, 0) is 26.8 Å². The van der Waals surface area contributed by atoms with Gasteiger partial charge in [0.15, 0.2) is 0 Å². The third-order valence-electron chi connectivity index (χ3n) is 3.07. The van der Waals surface area contributed by atoms with Crippen LogP contribution in [0, 0.1) is 6.92 Å². The lowest BCUT2D eigenvalue weighted by Crippen LogP contribution is -2.17. The number of hydrogen-bond acceptors (Lipinski definition) is 4. The van der Waals surface area contributed by atoms with Gasteiger partial charge in [0.05, 0.1) is 11.9 Å². The van der Waals surface area contributed by atoms with E-state index in [2.05, 4.69) is 49.3 Å². The molecule has 0 radical (unpaired) electrons. The Labute approximate surface area is 118 Å². The van der Waals surface area contributed by atoms with Crippen LogP contribution in [0.2, 0.25) is 0 Å². The van der Waals surface area contributed by atoms with Crippen LogP contribution in [-0.2, 0) is 6.54 Å². The molecule has 0 aliphatic rings. The number of nitrogens with one attached hydrogen (secondary N) is 1. The maximum Gasteiger partial charge on any atom is 0.127 e. The van der Waals surface area contributed by atoms with E-state index in [4.69, 9.17) is 0 Å². The second-order valence-corrected chi connectivity index (χ2v) is 5.77. The summed E-state index contributed by atoms with van der Waals surface area (Å²) in [6.07, 6.45) is 5.10. The highest BCUT2D eigenvalue weighted by atomic mass is 32.1. The molecule has 0 bridgehead atoms. The number of aromatic nitrogens is 3. The predicted molar refractivity (Wildman–Crippen MR) is 80.5 cm³/mol. The summed E-state index contributed by atoms with van der Waals surface area (Å²) < 4.78 is 1.99. The summed E-state index contributed by atoms with van der Waals surface area (Å²) in [6.45, 7) is 10.5. The Hall–Kier alpha value is -1.20. The highest BCUT2D eigenvalue weighted by Gasteiger charge is 2.15. The van der Waals surface area contributed by atoms with Gasteiger partial charge in [0.25, 0.3) is 0 Å². The molecule has 0 aliphatic carbocycles. The van der Waals surface area contributed by atoms with Gasteiger partial charge >= 0.3 is 0 Å². The molecular formula is C14H22N4S. The SMILES string of the molecule is CCCn1cc(-c2nc(C)c(C(C)NCC)s2)cn1. The fourth-order valence-electron chi connectivity index (χ4n) is 2.16. The van der Waals surface area contributed by atoms with Crippen molar-refractivity contribution >= 4 is 11.3 Å². The van der Waals surface area contributed by atoms with Crippen LogP contribution in [0.25, 0.3) is 10.6 Å². The van der Waals surface area contributed by atoms with Crippen molar-refractivity contribution in [2.45, 2.75) is 46.7 Å². The molecule has 104 valence electrons. The summed E-state index contributed by atoms with van der Waals surface area (Å²) in [5.41, 5.74) is 2.24. The Morgan fingerprint density at radius 1 is 1.42 bits per heavy atom. The maximum atomic E-state index is 4.68. The summed E-state index contributed by atoms with van der Waals surface area (Å²) in [5.74, 6) is 0. The number of rotatable bonds is 6. The van der Waals surface area contributed by atoms with E-state index in [-0.39, 0.29) is 0 Å². The lowest BCUT2D eigenvalue weighted by atomic mass is 10.2. The maximum absolute atomic E-state index is 4.68. The summed E-state index contributed by atoms with van der Waals surface area (Å²) >= 11 is 1.77. The third-order valence-corrected chi connectivity index (χ3v) is 4.46. The van der Waals surface area contributed by atoms with Crippen LogP contribution >= 0.6 is 11.3 Å². The fraction of sp³-hybridized carbons (Fsp3) is 0.571. The van der Waals surface area contributed by atoms with E-state index in [0.29, 0.717) is 6.04 Å². The van der Waals surface area contributed by atoms with Crippen molar-refractivity contribution in [2.75, 3.05) is 6.54 Å². The average molecular weight is 278 g/mol. The van der Waals surface area contributed by atoms with Crippen LogP contribution < -0.4 is 5.32 Å². The highest BCUT2D eigenvalue weighted by Crippen LogP contribution is 2.31. The summed E-state index contributed by atoms with van der Waals surface area (Å²) in [7, 11) is 0. The second kappa shape index (κ2) is 6.30. The monoisotopic (exact) mass is 278 g/mol. The Morgan fingerprint density at radius 3 is 2.89 bits per heavy atom. The van der Waals surface area contributed by atoms with Gasteiger partial charge in [0.2, 0.25) is 0 Å². The largest absolute Gasteiger partial charge is 0.310 e. The van der Waals surface area contributed by atoms with Gasteiger partial charge < -0.3 is 5.32 Å². The molecule has 0 amide bonds. The number of thiazole rings is 1. The first-order valence-electron chi connectivity index (χ1n) is 6.89. The third kappa shape index (κ3) is 3.22. The van der Waals surface area contributed by atoms with Gasteiger partial charge in [-0.15, -0.1) is 11.3 Å². The molecule has 2 heterocycles. The van der Waals surface area contributed by atoms with Gasteiger partial charge in [-0.2, -0.15) is 5.10 Å². The van der Waals surface area contributed by atoms with Crippen molar-refractivity contribution in [1.82, 2.24) is 20.1 Å². The molecule has 1 unspecified atom stereocenters. The molecule has 19 heavy (non-hydrogen) atoms. The molecule has 0 saturated carbocycles. The second-order valence-electron chi connectivity index (χ2n) is 4.74. The van der Waals surface area contributed by atoms with E-state index in [1.165, 1.54) is 4.88 Å². The minimum absolute atomic E-state index is 0.363. The van der Waals surface area contributed by atoms with Crippen LogP contribution in [0.4, 0.5) is 0 Å². The predicted octanol–water partition coefficient (Wildman–Crippen LogP) is 3.40. The average Bonchev–Trinajstić information content (AvgIpc) is 2.96. The molecule has 0 aliphatic heterocycles. The summed E-state index contributed by atoms with van der Waals surface area (Å²) in [6, 6.07) is 0.363. The minimum Gasteiger partial charge on any atom is -0.310 e. The quantitative estimate of drug-likeness (QED) is 0.880. The molecular weight excluding hydrogens is 256 g/mol. The van der Waals surface area contributed by atoms with E-state index in [1.807, 2.05) is 10.9 Å². The molecule has 1 atom stereocenters. The summed E-state index contributed by atoms with van der Waals surface area (Å²) in [4.78, 5) is 6.00. The fourth-order valence-corrected chi connectivity index (χ4v) is 3.23. The van der Waals surface area contributed by atoms with E-state index >= 15 is 0 Å². The van der Waals surface area contributed by atoms with Gasteiger partial charge in [0.1, 0.15) is 5.01 Å².